The third-order valence-electron chi connectivity index (χ3n) is 4.82. The van der Waals surface area contributed by atoms with E-state index in [1.54, 1.807) is 0 Å². The van der Waals surface area contributed by atoms with E-state index in [1.165, 1.54) is 0 Å². The summed E-state index contributed by atoms with van der Waals surface area (Å²) in [5, 5.41) is 0. The van der Waals surface area contributed by atoms with Crippen molar-refractivity contribution in [2.24, 2.45) is 23.5 Å². The van der Waals surface area contributed by atoms with E-state index in [9.17, 15) is 4.79 Å². The molecular weight excluding hydrogens is 226 g/mol. The average molecular weight is 253 g/mol. The van der Waals surface area contributed by atoms with E-state index in [1.807, 2.05) is 4.90 Å². The molecule has 0 spiro atoms. The van der Waals surface area contributed by atoms with E-state index in [2.05, 4.69) is 25.8 Å². The highest BCUT2D eigenvalue weighted by Crippen LogP contribution is 2.34. The number of carbonyl (C=O) groups is 1. The maximum absolute atomic E-state index is 12.6. The SMILES string of the molecule is CC1CC(C)C(C(=O)N2CCN(C)CC2)CC1N. The summed E-state index contributed by atoms with van der Waals surface area (Å²) < 4.78 is 0. The lowest BCUT2D eigenvalue weighted by molar-refractivity contribution is -0.140. The Morgan fingerprint density at radius 3 is 2.28 bits per heavy atom. The van der Waals surface area contributed by atoms with Crippen LogP contribution in [0.1, 0.15) is 26.7 Å². The van der Waals surface area contributed by atoms with E-state index in [0.29, 0.717) is 17.7 Å². The molecule has 4 nitrogen and oxygen atoms in total. The Morgan fingerprint density at radius 1 is 1.06 bits per heavy atom. The molecule has 2 fully saturated rings. The first-order chi connectivity index (χ1) is 8.49. The molecule has 1 heterocycles. The molecule has 0 aromatic heterocycles. The second kappa shape index (κ2) is 5.57. The Morgan fingerprint density at radius 2 is 1.67 bits per heavy atom. The van der Waals surface area contributed by atoms with Crippen LogP contribution >= 0.6 is 0 Å². The van der Waals surface area contributed by atoms with Crippen LogP contribution in [0.25, 0.3) is 0 Å². The first-order valence-electron chi connectivity index (χ1n) is 7.22. The molecule has 4 heteroatoms. The summed E-state index contributed by atoms with van der Waals surface area (Å²) in [7, 11) is 2.11. The highest BCUT2D eigenvalue weighted by molar-refractivity contribution is 5.79. The van der Waals surface area contributed by atoms with Gasteiger partial charge in [0.1, 0.15) is 0 Å². The number of hydrogen-bond donors (Lipinski definition) is 1. The minimum Gasteiger partial charge on any atom is -0.340 e. The van der Waals surface area contributed by atoms with Gasteiger partial charge in [-0.15, -0.1) is 0 Å². The summed E-state index contributed by atoms with van der Waals surface area (Å²) in [5.74, 6) is 1.53. The molecule has 0 radical (unpaired) electrons. The van der Waals surface area contributed by atoms with Crippen molar-refractivity contribution in [2.45, 2.75) is 32.7 Å². The van der Waals surface area contributed by atoms with Crippen LogP contribution in [-0.2, 0) is 4.79 Å². The van der Waals surface area contributed by atoms with Gasteiger partial charge < -0.3 is 15.5 Å². The Bertz CT molecular complexity index is 299. The lowest BCUT2D eigenvalue weighted by Gasteiger charge is -2.40. The van der Waals surface area contributed by atoms with Gasteiger partial charge in [-0.05, 0) is 31.7 Å². The summed E-state index contributed by atoms with van der Waals surface area (Å²) in [4.78, 5) is 16.9. The molecule has 4 atom stereocenters. The Kier molecular flexibility index (Phi) is 4.28. The summed E-state index contributed by atoms with van der Waals surface area (Å²) in [6, 6.07) is 0.197. The topological polar surface area (TPSA) is 49.6 Å². The monoisotopic (exact) mass is 253 g/mol. The van der Waals surface area contributed by atoms with Gasteiger partial charge in [0.05, 0.1) is 0 Å². The Balaban J connectivity index is 1.96. The fourth-order valence-electron chi connectivity index (χ4n) is 3.29. The number of amides is 1. The molecular formula is C14H27N3O. The van der Waals surface area contributed by atoms with Crippen molar-refractivity contribution in [1.29, 1.82) is 0 Å². The molecule has 2 N–H and O–H groups in total. The van der Waals surface area contributed by atoms with Gasteiger partial charge in [0.2, 0.25) is 5.91 Å². The van der Waals surface area contributed by atoms with Gasteiger partial charge in [0.25, 0.3) is 0 Å². The van der Waals surface area contributed by atoms with Gasteiger partial charge in [-0.25, -0.2) is 0 Å². The van der Waals surface area contributed by atoms with E-state index < -0.39 is 0 Å². The molecule has 1 aliphatic carbocycles. The van der Waals surface area contributed by atoms with Crippen molar-refractivity contribution in [3.05, 3.63) is 0 Å². The van der Waals surface area contributed by atoms with Crippen molar-refractivity contribution in [3.8, 4) is 0 Å². The van der Waals surface area contributed by atoms with Crippen LogP contribution in [0.3, 0.4) is 0 Å². The van der Waals surface area contributed by atoms with Gasteiger partial charge in [0, 0.05) is 38.1 Å². The zero-order valence-corrected chi connectivity index (χ0v) is 11.9. The molecule has 104 valence electrons. The highest BCUT2D eigenvalue weighted by Gasteiger charge is 2.37. The van der Waals surface area contributed by atoms with Crippen molar-refractivity contribution >= 4 is 5.91 Å². The standard InChI is InChI=1S/C14H27N3O/c1-10-8-11(2)13(15)9-12(10)14(18)17-6-4-16(3)5-7-17/h10-13H,4-9,15H2,1-3H3. The van der Waals surface area contributed by atoms with Crippen LogP contribution in [0, 0.1) is 17.8 Å². The summed E-state index contributed by atoms with van der Waals surface area (Å²) >= 11 is 0. The van der Waals surface area contributed by atoms with Crippen LogP contribution in [0.2, 0.25) is 0 Å². The second-order valence-electron chi connectivity index (χ2n) is 6.32. The lowest BCUT2D eigenvalue weighted by atomic mass is 9.72. The predicted octanol–water partition coefficient (Wildman–Crippen LogP) is 0.770. The highest BCUT2D eigenvalue weighted by atomic mass is 16.2. The molecule has 1 aliphatic heterocycles. The maximum Gasteiger partial charge on any atom is 0.226 e. The normalized spacial score (nSPS) is 38.8. The molecule has 2 rings (SSSR count). The van der Waals surface area contributed by atoms with Crippen molar-refractivity contribution in [1.82, 2.24) is 9.80 Å². The van der Waals surface area contributed by atoms with Gasteiger partial charge in [-0.2, -0.15) is 0 Å². The van der Waals surface area contributed by atoms with E-state index in [-0.39, 0.29) is 12.0 Å². The molecule has 1 saturated heterocycles. The van der Waals surface area contributed by atoms with Gasteiger partial charge in [0.15, 0.2) is 0 Å². The first-order valence-corrected chi connectivity index (χ1v) is 7.22. The van der Waals surface area contributed by atoms with Gasteiger partial charge in [-0.1, -0.05) is 13.8 Å². The van der Waals surface area contributed by atoms with E-state index in [0.717, 1.165) is 39.0 Å². The van der Waals surface area contributed by atoms with Crippen LogP contribution in [0.5, 0.6) is 0 Å². The van der Waals surface area contributed by atoms with Gasteiger partial charge in [-0.3, -0.25) is 4.79 Å². The second-order valence-corrected chi connectivity index (χ2v) is 6.32. The van der Waals surface area contributed by atoms with Crippen LogP contribution < -0.4 is 5.73 Å². The zero-order valence-electron chi connectivity index (χ0n) is 11.9. The smallest absolute Gasteiger partial charge is 0.226 e. The Labute approximate surface area is 110 Å². The number of nitrogens with two attached hydrogens (primary N) is 1. The largest absolute Gasteiger partial charge is 0.340 e. The maximum atomic E-state index is 12.6. The van der Waals surface area contributed by atoms with Crippen LogP contribution in [-0.4, -0.2) is 55.0 Å². The van der Waals surface area contributed by atoms with E-state index in [4.69, 9.17) is 5.73 Å². The number of piperazine rings is 1. The predicted molar refractivity (Wildman–Crippen MR) is 73.1 cm³/mol. The van der Waals surface area contributed by atoms with E-state index >= 15 is 0 Å². The van der Waals surface area contributed by atoms with Crippen molar-refractivity contribution in [2.75, 3.05) is 33.2 Å². The minimum atomic E-state index is 0.152. The number of likely N-dealkylation sites (N-methyl/N-ethyl adjacent to an activating group) is 1. The molecule has 4 unspecified atom stereocenters. The fraction of sp³-hybridized carbons (Fsp3) is 0.929. The quantitative estimate of drug-likeness (QED) is 0.751. The summed E-state index contributed by atoms with van der Waals surface area (Å²) in [6.45, 7) is 8.16. The zero-order chi connectivity index (χ0) is 13.3. The molecule has 0 aromatic rings. The molecule has 1 amide bonds. The van der Waals surface area contributed by atoms with Gasteiger partial charge >= 0.3 is 0 Å². The number of rotatable bonds is 1. The van der Waals surface area contributed by atoms with Crippen molar-refractivity contribution in [3.63, 3.8) is 0 Å². The lowest BCUT2D eigenvalue weighted by Crippen LogP contribution is -2.52. The minimum absolute atomic E-state index is 0.152. The Hall–Kier alpha value is -0.610. The molecule has 0 bridgehead atoms. The number of hydrogen-bond acceptors (Lipinski definition) is 3. The van der Waals surface area contributed by atoms with Crippen molar-refractivity contribution < 1.29 is 4.79 Å². The summed E-state index contributed by atoms with van der Waals surface area (Å²) in [5.41, 5.74) is 6.14. The number of carbonyl (C=O) groups excluding carboxylic acids is 1. The average Bonchev–Trinajstić information content (AvgIpc) is 2.34. The first kappa shape index (κ1) is 13.8. The molecule has 1 saturated carbocycles. The molecule has 18 heavy (non-hydrogen) atoms. The number of nitrogens with zero attached hydrogens (tertiary/aromatic N) is 2. The van der Waals surface area contributed by atoms with Crippen LogP contribution in [0.4, 0.5) is 0 Å². The third-order valence-corrected chi connectivity index (χ3v) is 4.82. The molecule has 2 aliphatic rings. The molecule has 0 aromatic carbocycles. The summed E-state index contributed by atoms with van der Waals surface area (Å²) in [6.07, 6.45) is 1.96. The third kappa shape index (κ3) is 2.86. The fourth-order valence-corrected chi connectivity index (χ4v) is 3.29. The van der Waals surface area contributed by atoms with Crippen LogP contribution in [0.15, 0.2) is 0 Å².